The van der Waals surface area contributed by atoms with Gasteiger partial charge in [0.1, 0.15) is 11.6 Å². The fourth-order valence-corrected chi connectivity index (χ4v) is 5.43. The topological polar surface area (TPSA) is 210 Å². The number of aryl methyl sites for hydroxylation is 1. The Kier molecular flexibility index (Phi) is 12.4. The lowest BCUT2D eigenvalue weighted by Crippen LogP contribution is -2.34. The number of halogens is 2. The van der Waals surface area contributed by atoms with Gasteiger partial charge in [0.25, 0.3) is 5.56 Å². The summed E-state index contributed by atoms with van der Waals surface area (Å²) < 4.78 is 45.8. The molecule has 1 aliphatic heterocycles. The van der Waals surface area contributed by atoms with Crippen LogP contribution in [-0.2, 0) is 15.6 Å². The van der Waals surface area contributed by atoms with Crippen molar-refractivity contribution in [2.24, 2.45) is 0 Å². The molecule has 4 aromatic rings. The summed E-state index contributed by atoms with van der Waals surface area (Å²) in [6.45, 7) is 4.44. The van der Waals surface area contributed by atoms with Gasteiger partial charge in [0.15, 0.2) is 4.96 Å². The van der Waals surface area contributed by atoms with Gasteiger partial charge in [-0.1, -0.05) is 29.8 Å². The number of rotatable bonds is 5. The number of phosphoric acid groups is 2. The molecule has 0 atom stereocenters. The Balaban J connectivity index is 0.000000461. The van der Waals surface area contributed by atoms with Crippen molar-refractivity contribution in [1.82, 2.24) is 14.3 Å². The van der Waals surface area contributed by atoms with E-state index in [1.807, 2.05) is 12.3 Å². The molecular formula is C27H25F2N3O9P2S-6. The number of piperidine rings is 1. The first-order valence-corrected chi connectivity index (χ1v) is 16.7. The minimum absolute atomic E-state index is 0.0243. The molecule has 0 saturated carbocycles. The van der Waals surface area contributed by atoms with Crippen molar-refractivity contribution in [3.63, 3.8) is 0 Å². The Bertz CT molecular complexity index is 1660. The second kappa shape index (κ2) is 15.4. The summed E-state index contributed by atoms with van der Waals surface area (Å²) in [4.78, 5) is 71.8. The van der Waals surface area contributed by atoms with Crippen molar-refractivity contribution in [1.29, 1.82) is 0 Å². The minimum atomic E-state index is -5.39. The van der Waals surface area contributed by atoms with Crippen LogP contribution in [0.3, 0.4) is 0 Å². The smallest absolute Gasteiger partial charge is 0.261 e. The van der Waals surface area contributed by atoms with Crippen molar-refractivity contribution in [2.75, 3.05) is 19.6 Å². The zero-order chi connectivity index (χ0) is 32.7. The maximum absolute atomic E-state index is 13.5. The van der Waals surface area contributed by atoms with Crippen LogP contribution in [0, 0.1) is 18.6 Å². The quantitative estimate of drug-likeness (QED) is 0.255. The molecule has 2 aromatic carbocycles. The standard InChI is InChI=1S/C27H25F2N3OS.2H3O4P/c1-18-24(26(33)32-16-17-34-27(32)30-18)12-15-31-13-10-21(11-14-31)25(19-2-6-22(28)7-3-19)20-4-8-23(29)9-5-20;2*1-5(2,3)4/h2-9,16-17H,10-15H2,1H3;2*(H3,1,2,3,4)/p-6. The van der Waals surface area contributed by atoms with Crippen molar-refractivity contribution < 1.29 is 47.3 Å². The van der Waals surface area contributed by atoms with Gasteiger partial charge in [-0.3, -0.25) is 9.20 Å². The van der Waals surface area contributed by atoms with E-state index in [1.165, 1.54) is 41.2 Å². The molecule has 0 amide bonds. The van der Waals surface area contributed by atoms with Gasteiger partial charge in [0.05, 0.1) is 0 Å². The number of fused-ring (bicyclic) bond motifs is 1. The largest absolute Gasteiger partial charge is 0.822 e. The molecule has 0 N–H and O–H groups in total. The molecule has 12 nitrogen and oxygen atoms in total. The molecule has 0 spiro atoms. The second-order valence-electron chi connectivity index (χ2n) is 9.51. The van der Waals surface area contributed by atoms with E-state index in [-0.39, 0.29) is 17.2 Å². The molecule has 1 fully saturated rings. The molecular weight excluding hydrogens is 642 g/mol. The molecule has 0 unspecified atom stereocenters. The van der Waals surface area contributed by atoms with Gasteiger partial charge in [-0.15, -0.1) is 11.3 Å². The Morgan fingerprint density at radius 2 is 1.32 bits per heavy atom. The van der Waals surface area contributed by atoms with Gasteiger partial charge in [-0.05, 0) is 67.2 Å². The highest BCUT2D eigenvalue weighted by Gasteiger charge is 2.20. The molecule has 0 bridgehead atoms. The highest BCUT2D eigenvalue weighted by Crippen LogP contribution is 2.32. The third-order valence-electron chi connectivity index (χ3n) is 6.52. The highest BCUT2D eigenvalue weighted by molar-refractivity contribution is 7.40. The normalized spacial score (nSPS) is 14.0. The Hall–Kier alpha value is -2.94. The van der Waals surface area contributed by atoms with Gasteiger partial charge in [-0.2, -0.15) is 15.6 Å². The van der Waals surface area contributed by atoms with Crippen molar-refractivity contribution in [3.8, 4) is 0 Å². The van der Waals surface area contributed by atoms with Crippen LogP contribution in [0.2, 0.25) is 0 Å². The summed E-state index contributed by atoms with van der Waals surface area (Å²) in [5, 5.41) is 1.88. The van der Waals surface area contributed by atoms with Crippen LogP contribution in [-0.4, -0.2) is 33.9 Å². The average Bonchev–Trinajstić information content (AvgIpc) is 3.38. The van der Waals surface area contributed by atoms with Crippen molar-refractivity contribution in [3.05, 3.63) is 110 Å². The lowest BCUT2D eigenvalue weighted by Gasteiger charge is -2.36. The fourth-order valence-electron chi connectivity index (χ4n) is 4.68. The summed E-state index contributed by atoms with van der Waals surface area (Å²) in [6.07, 6.45) is 4.18. The first-order chi connectivity index (χ1) is 20.5. The molecule has 0 aliphatic carbocycles. The number of nitrogens with zero attached hydrogens (tertiary/aromatic N) is 3. The van der Waals surface area contributed by atoms with Crippen LogP contribution < -0.4 is 34.9 Å². The molecule has 3 heterocycles. The van der Waals surface area contributed by atoms with Gasteiger partial charge < -0.3 is 43.4 Å². The van der Waals surface area contributed by atoms with E-state index in [0.717, 1.165) is 65.4 Å². The van der Waals surface area contributed by atoms with Crippen molar-refractivity contribution >= 4 is 37.5 Å². The van der Waals surface area contributed by atoms with E-state index < -0.39 is 15.6 Å². The Morgan fingerprint density at radius 3 is 1.77 bits per heavy atom. The predicted molar refractivity (Wildman–Crippen MR) is 147 cm³/mol. The number of hydrogen-bond acceptors (Lipinski definition) is 12. The number of thiazole rings is 1. The molecule has 17 heteroatoms. The zero-order valence-corrected chi connectivity index (χ0v) is 25.7. The summed E-state index contributed by atoms with van der Waals surface area (Å²) >= 11 is 1.47. The first kappa shape index (κ1) is 35.5. The van der Waals surface area contributed by atoms with E-state index in [0.29, 0.717) is 6.42 Å². The molecule has 5 rings (SSSR count). The molecule has 0 radical (unpaired) electrons. The SMILES string of the molecule is Cc1nc2sccn2c(=O)c1CCN1CCC(=C(c2ccc(F)cc2)c2ccc(F)cc2)CC1.O=P([O-])([O-])[O-].O=P([O-])([O-])[O-]. The van der Waals surface area contributed by atoms with Crippen LogP contribution >= 0.6 is 27.0 Å². The zero-order valence-electron chi connectivity index (χ0n) is 23.1. The van der Waals surface area contributed by atoms with E-state index in [2.05, 4.69) is 9.88 Å². The van der Waals surface area contributed by atoms with Crippen LogP contribution in [0.25, 0.3) is 10.5 Å². The maximum Gasteiger partial charge on any atom is 0.261 e. The molecule has 1 aliphatic rings. The number of aromatic nitrogens is 2. The Labute approximate surface area is 254 Å². The summed E-state index contributed by atoms with van der Waals surface area (Å²) in [5.41, 5.74) is 5.82. The van der Waals surface area contributed by atoms with Gasteiger partial charge >= 0.3 is 0 Å². The number of benzene rings is 2. The third-order valence-corrected chi connectivity index (χ3v) is 7.28. The number of hydrogen-bond donors (Lipinski definition) is 0. The average molecular weight is 668 g/mol. The minimum Gasteiger partial charge on any atom is -0.822 e. The van der Waals surface area contributed by atoms with Crippen LogP contribution in [0.1, 0.15) is 35.2 Å². The van der Waals surface area contributed by atoms with E-state index in [4.69, 9.17) is 38.5 Å². The summed E-state index contributed by atoms with van der Waals surface area (Å²) in [6, 6.07) is 13.0. The van der Waals surface area contributed by atoms with E-state index in [9.17, 15) is 13.6 Å². The lowest BCUT2D eigenvalue weighted by molar-refractivity contribution is -0.434. The van der Waals surface area contributed by atoms with Crippen LogP contribution in [0.15, 0.2) is 70.5 Å². The monoisotopic (exact) mass is 667 g/mol. The third kappa shape index (κ3) is 11.5. The maximum atomic E-state index is 13.5. The summed E-state index contributed by atoms with van der Waals surface area (Å²) in [5.74, 6) is -0.549. The summed E-state index contributed by atoms with van der Waals surface area (Å²) in [7, 11) is -10.8. The van der Waals surface area contributed by atoms with Crippen molar-refractivity contribution in [2.45, 2.75) is 26.2 Å². The number of likely N-dealkylation sites (tertiary alicyclic amines) is 1. The fraction of sp³-hybridized carbons (Fsp3) is 0.259. The highest BCUT2D eigenvalue weighted by atomic mass is 32.1. The van der Waals surface area contributed by atoms with Gasteiger partial charge in [0, 0.05) is 42.5 Å². The van der Waals surface area contributed by atoms with Crippen LogP contribution in [0.4, 0.5) is 8.78 Å². The molecule has 44 heavy (non-hydrogen) atoms. The van der Waals surface area contributed by atoms with Gasteiger partial charge in [0.2, 0.25) is 0 Å². The Morgan fingerprint density at radius 1 is 0.864 bits per heavy atom. The predicted octanol–water partition coefficient (Wildman–Crippen LogP) is -0.166. The molecule has 2 aromatic heterocycles. The molecule has 238 valence electrons. The molecule has 1 saturated heterocycles. The second-order valence-corrected chi connectivity index (χ2v) is 12.2. The van der Waals surface area contributed by atoms with Crippen LogP contribution in [0.5, 0.6) is 0 Å². The lowest BCUT2D eigenvalue weighted by atomic mass is 9.88. The first-order valence-electron chi connectivity index (χ1n) is 12.9. The van der Waals surface area contributed by atoms with E-state index in [1.54, 1.807) is 34.9 Å². The van der Waals surface area contributed by atoms with Gasteiger partial charge in [-0.25, -0.2) is 13.8 Å². The van der Waals surface area contributed by atoms with E-state index >= 15 is 0 Å².